The fraction of sp³-hybridized carbons (Fsp3) is 0.300. The Balaban J connectivity index is 1.52. The summed E-state index contributed by atoms with van der Waals surface area (Å²) in [7, 11) is 0. The van der Waals surface area contributed by atoms with Crippen molar-refractivity contribution < 1.29 is 14.7 Å². The molecule has 26 heavy (non-hydrogen) atoms. The highest BCUT2D eigenvalue weighted by molar-refractivity contribution is 6.35. The molecule has 4 nitrogen and oxygen atoms in total. The number of carboxylic acid groups (broad SMARTS) is 1. The van der Waals surface area contributed by atoms with Crippen LogP contribution in [-0.4, -0.2) is 16.8 Å². The number of rotatable bonds is 2. The molecular weight excluding hydrogens is 373 g/mol. The van der Waals surface area contributed by atoms with E-state index in [1.807, 2.05) is 12.1 Å². The Kier molecular flexibility index (Phi) is 3.26. The van der Waals surface area contributed by atoms with Crippen molar-refractivity contribution in [2.75, 3.05) is 0 Å². The van der Waals surface area contributed by atoms with Crippen LogP contribution in [0.4, 0.5) is 0 Å². The Morgan fingerprint density at radius 2 is 2.12 bits per heavy atom. The van der Waals surface area contributed by atoms with Gasteiger partial charge in [0.2, 0.25) is 0 Å². The molecule has 1 saturated carbocycles. The second kappa shape index (κ2) is 5.24. The number of carboxylic acids is 1. The van der Waals surface area contributed by atoms with Crippen LogP contribution in [0.2, 0.25) is 10.0 Å². The summed E-state index contributed by atoms with van der Waals surface area (Å²) in [4.78, 5) is 17.3. The third-order valence-corrected chi connectivity index (χ3v) is 6.38. The summed E-state index contributed by atoms with van der Waals surface area (Å²) in [5.41, 5.74) is 4.44. The summed E-state index contributed by atoms with van der Waals surface area (Å²) in [5.74, 6) is -0.139. The van der Waals surface area contributed by atoms with Crippen molar-refractivity contribution in [3.05, 3.63) is 68.2 Å². The van der Waals surface area contributed by atoms with E-state index in [1.54, 1.807) is 25.1 Å². The zero-order valence-corrected chi connectivity index (χ0v) is 15.4. The molecule has 0 bridgehead atoms. The van der Waals surface area contributed by atoms with Crippen LogP contribution in [0.1, 0.15) is 51.4 Å². The first-order valence-corrected chi connectivity index (χ1v) is 9.25. The van der Waals surface area contributed by atoms with Crippen LogP contribution < -0.4 is 0 Å². The highest BCUT2D eigenvalue weighted by Gasteiger charge is 2.66. The van der Waals surface area contributed by atoms with E-state index in [-0.39, 0.29) is 0 Å². The highest BCUT2D eigenvalue weighted by Crippen LogP contribution is 2.69. The van der Waals surface area contributed by atoms with Gasteiger partial charge in [-0.15, -0.1) is 0 Å². The van der Waals surface area contributed by atoms with Gasteiger partial charge in [0.15, 0.2) is 5.60 Å². The number of fused-ring (bicyclic) bond motifs is 5. The molecule has 1 aliphatic heterocycles. The molecule has 3 atom stereocenters. The van der Waals surface area contributed by atoms with Crippen LogP contribution >= 0.6 is 23.2 Å². The van der Waals surface area contributed by atoms with E-state index in [0.29, 0.717) is 39.4 Å². The number of hydrogen-bond acceptors (Lipinski definition) is 3. The van der Waals surface area contributed by atoms with Crippen LogP contribution in [-0.2, 0) is 10.4 Å². The maximum absolute atomic E-state index is 11.2. The summed E-state index contributed by atoms with van der Waals surface area (Å²) in [6.45, 7) is 1.79. The smallest absolute Gasteiger partial charge is 0.335 e. The van der Waals surface area contributed by atoms with Crippen molar-refractivity contribution in [3.63, 3.8) is 0 Å². The Hall–Kier alpha value is -2.04. The lowest BCUT2D eigenvalue weighted by Gasteiger charge is -2.25. The van der Waals surface area contributed by atoms with Gasteiger partial charge in [-0.3, -0.25) is 0 Å². The summed E-state index contributed by atoms with van der Waals surface area (Å²) in [5, 5.41) is 14.9. The zero-order valence-electron chi connectivity index (χ0n) is 13.9. The van der Waals surface area contributed by atoms with Crippen molar-refractivity contribution in [2.45, 2.75) is 31.3 Å². The van der Waals surface area contributed by atoms with Crippen molar-refractivity contribution in [2.24, 2.45) is 11.1 Å². The Bertz CT molecular complexity index is 1020. The molecule has 2 aromatic carbocycles. The van der Waals surface area contributed by atoms with Gasteiger partial charge >= 0.3 is 5.97 Å². The largest absolute Gasteiger partial charge is 0.478 e. The quantitative estimate of drug-likeness (QED) is 0.775. The number of oxime groups is 1. The van der Waals surface area contributed by atoms with E-state index in [2.05, 4.69) is 5.16 Å². The van der Waals surface area contributed by atoms with E-state index >= 15 is 0 Å². The predicted molar refractivity (Wildman–Crippen MR) is 99.4 cm³/mol. The predicted octanol–water partition coefficient (Wildman–Crippen LogP) is 5.14. The Morgan fingerprint density at radius 1 is 1.31 bits per heavy atom. The number of aromatic carboxylic acids is 1. The van der Waals surface area contributed by atoms with Crippen molar-refractivity contribution in [3.8, 4) is 0 Å². The van der Waals surface area contributed by atoms with Gasteiger partial charge < -0.3 is 9.94 Å². The molecule has 1 N–H and O–H groups in total. The maximum Gasteiger partial charge on any atom is 0.335 e. The first-order chi connectivity index (χ1) is 12.4. The number of halogens is 2. The highest BCUT2D eigenvalue weighted by atomic mass is 35.5. The van der Waals surface area contributed by atoms with Gasteiger partial charge in [-0.1, -0.05) is 34.4 Å². The zero-order chi connectivity index (χ0) is 18.2. The monoisotopic (exact) mass is 387 g/mol. The molecule has 2 aliphatic carbocycles. The number of carbonyl (C=O) groups is 1. The molecular formula is C20H15Cl2NO3. The molecule has 0 aromatic heterocycles. The van der Waals surface area contributed by atoms with Crippen molar-refractivity contribution >= 4 is 34.9 Å². The van der Waals surface area contributed by atoms with Gasteiger partial charge in [0.25, 0.3) is 0 Å². The van der Waals surface area contributed by atoms with Crippen molar-refractivity contribution in [1.29, 1.82) is 0 Å². The second-order valence-corrected chi connectivity index (χ2v) is 8.17. The van der Waals surface area contributed by atoms with Gasteiger partial charge in [-0.2, -0.15) is 0 Å². The lowest BCUT2D eigenvalue weighted by atomic mass is 9.85. The molecule has 2 aromatic rings. The van der Waals surface area contributed by atoms with E-state index in [4.69, 9.17) is 28.0 Å². The Labute approximate surface area is 160 Å². The molecule has 3 aliphatic rings. The summed E-state index contributed by atoms with van der Waals surface area (Å²) < 4.78 is 0. The summed E-state index contributed by atoms with van der Waals surface area (Å²) in [6.07, 6.45) is 1.69. The SMILES string of the molecule is Cc1cc(C2=NOC3(C2)c2cc(Cl)cc(Cl)c2C2CC23)ccc1C(=O)O. The van der Waals surface area contributed by atoms with Crippen LogP contribution in [0.25, 0.3) is 0 Å². The minimum absolute atomic E-state index is 0.301. The van der Waals surface area contributed by atoms with Crippen LogP contribution in [0.3, 0.4) is 0 Å². The standard InChI is InChI=1S/C20H15Cl2NO3/c1-9-4-10(2-3-12(9)19(24)25)17-8-20(26-23-17)14-7-13(14)18-15(20)5-11(21)6-16(18)22/h2-6,13-14H,7-8H2,1H3,(H,24,25). The maximum atomic E-state index is 11.2. The topological polar surface area (TPSA) is 58.9 Å². The number of aryl methyl sites for hydroxylation is 1. The van der Waals surface area contributed by atoms with Gasteiger partial charge in [-0.05, 0) is 60.2 Å². The fourth-order valence-electron chi connectivity index (χ4n) is 4.57. The fourth-order valence-corrected chi connectivity index (χ4v) is 5.21. The second-order valence-electron chi connectivity index (χ2n) is 7.33. The van der Waals surface area contributed by atoms with Gasteiger partial charge in [0, 0.05) is 27.9 Å². The van der Waals surface area contributed by atoms with Gasteiger partial charge in [-0.25, -0.2) is 4.79 Å². The molecule has 1 fully saturated rings. The van der Waals surface area contributed by atoms with Gasteiger partial charge in [0.05, 0.1) is 11.3 Å². The van der Waals surface area contributed by atoms with Gasteiger partial charge in [0.1, 0.15) is 0 Å². The first-order valence-electron chi connectivity index (χ1n) is 8.49. The third kappa shape index (κ3) is 2.09. The van der Waals surface area contributed by atoms with Crippen LogP contribution in [0.5, 0.6) is 0 Å². The molecule has 1 spiro atoms. The van der Waals surface area contributed by atoms with Crippen molar-refractivity contribution in [1.82, 2.24) is 0 Å². The third-order valence-electron chi connectivity index (χ3n) is 5.85. The van der Waals surface area contributed by atoms with E-state index in [9.17, 15) is 9.90 Å². The molecule has 1 heterocycles. The molecule has 0 saturated heterocycles. The molecule has 6 heteroatoms. The number of nitrogens with zero attached hydrogens (tertiary/aromatic N) is 1. The number of benzene rings is 2. The molecule has 3 unspecified atom stereocenters. The molecule has 0 amide bonds. The molecule has 5 rings (SSSR count). The molecule has 132 valence electrons. The lowest BCUT2D eigenvalue weighted by molar-refractivity contribution is -0.0370. The van der Waals surface area contributed by atoms with E-state index in [0.717, 1.165) is 28.8 Å². The summed E-state index contributed by atoms with van der Waals surface area (Å²) in [6, 6.07) is 9.02. The number of hydrogen-bond donors (Lipinski definition) is 1. The average molecular weight is 388 g/mol. The average Bonchev–Trinajstić information content (AvgIpc) is 3.17. The van der Waals surface area contributed by atoms with Crippen LogP contribution in [0.15, 0.2) is 35.5 Å². The van der Waals surface area contributed by atoms with Crippen LogP contribution in [0, 0.1) is 12.8 Å². The Morgan fingerprint density at radius 3 is 2.85 bits per heavy atom. The first kappa shape index (κ1) is 16.2. The minimum atomic E-state index is -0.926. The van der Waals surface area contributed by atoms with E-state index < -0.39 is 11.6 Å². The minimum Gasteiger partial charge on any atom is -0.478 e. The lowest BCUT2D eigenvalue weighted by Crippen LogP contribution is -2.27. The molecule has 0 radical (unpaired) electrons. The summed E-state index contributed by atoms with van der Waals surface area (Å²) >= 11 is 12.7. The van der Waals surface area contributed by atoms with E-state index in [1.165, 1.54) is 0 Å². The normalized spacial score (nSPS) is 27.7.